The van der Waals surface area contributed by atoms with Gasteiger partial charge in [0.25, 0.3) is 0 Å². The first kappa shape index (κ1) is 23.3. The Morgan fingerprint density at radius 2 is 1.71 bits per heavy atom. The Balaban J connectivity index is 1.33. The molecule has 3 aromatic rings. The zero-order chi connectivity index (χ0) is 24.4. The standard InChI is InChI=1S/C28H29N3O3S/c1-19-6-10-22(11-7-19)31-26(33)15-14-23(27(31)24-4-3-17-35-24)28(34)29-18-20-8-12-21(13-9-20)30-16-2-5-25(30)32/h3-4,6-13,17,23,27H,2,5,14-16,18H2,1H3,(H,29,34). The van der Waals surface area contributed by atoms with Gasteiger partial charge in [0.1, 0.15) is 0 Å². The topological polar surface area (TPSA) is 69.7 Å². The van der Waals surface area contributed by atoms with Crippen molar-refractivity contribution in [3.8, 4) is 0 Å². The van der Waals surface area contributed by atoms with Gasteiger partial charge in [-0.25, -0.2) is 0 Å². The van der Waals surface area contributed by atoms with Crippen LogP contribution in [0.25, 0.3) is 0 Å². The number of anilines is 2. The summed E-state index contributed by atoms with van der Waals surface area (Å²) in [4.78, 5) is 43.1. The first-order valence-electron chi connectivity index (χ1n) is 12.1. The highest BCUT2D eigenvalue weighted by Crippen LogP contribution is 2.41. The predicted octanol–water partition coefficient (Wildman–Crippen LogP) is 4.98. The van der Waals surface area contributed by atoms with E-state index in [-0.39, 0.29) is 29.7 Å². The molecule has 2 aromatic carbocycles. The number of hydrogen-bond donors (Lipinski definition) is 1. The fraction of sp³-hybridized carbons (Fsp3) is 0.321. The number of nitrogens with one attached hydrogen (secondary N) is 1. The van der Waals surface area contributed by atoms with Crippen molar-refractivity contribution >= 4 is 40.4 Å². The van der Waals surface area contributed by atoms with Gasteiger partial charge in [-0.3, -0.25) is 14.4 Å². The van der Waals surface area contributed by atoms with Gasteiger partial charge in [0.2, 0.25) is 17.7 Å². The molecule has 7 heteroatoms. The number of rotatable bonds is 6. The minimum Gasteiger partial charge on any atom is -0.352 e. The van der Waals surface area contributed by atoms with Crippen LogP contribution in [0.3, 0.4) is 0 Å². The molecule has 2 fully saturated rings. The lowest BCUT2D eigenvalue weighted by atomic mass is 9.86. The molecule has 2 atom stereocenters. The number of hydrogen-bond acceptors (Lipinski definition) is 4. The number of carbonyl (C=O) groups excluding carboxylic acids is 3. The highest BCUT2D eigenvalue weighted by molar-refractivity contribution is 7.10. The number of nitrogens with zero attached hydrogens (tertiary/aromatic N) is 2. The summed E-state index contributed by atoms with van der Waals surface area (Å²) >= 11 is 1.58. The summed E-state index contributed by atoms with van der Waals surface area (Å²) in [7, 11) is 0. The summed E-state index contributed by atoms with van der Waals surface area (Å²) in [5.74, 6) is -0.181. The summed E-state index contributed by atoms with van der Waals surface area (Å²) in [6, 6.07) is 19.4. The van der Waals surface area contributed by atoms with E-state index in [1.54, 1.807) is 16.2 Å². The molecule has 180 valence electrons. The lowest BCUT2D eigenvalue weighted by Gasteiger charge is -2.40. The van der Waals surface area contributed by atoms with Crippen molar-refractivity contribution in [2.24, 2.45) is 5.92 Å². The third-order valence-electron chi connectivity index (χ3n) is 6.87. The van der Waals surface area contributed by atoms with Crippen molar-refractivity contribution in [3.05, 3.63) is 82.0 Å². The van der Waals surface area contributed by atoms with Gasteiger partial charge < -0.3 is 15.1 Å². The summed E-state index contributed by atoms with van der Waals surface area (Å²) in [6.45, 7) is 3.18. The van der Waals surface area contributed by atoms with Crippen LogP contribution in [0.15, 0.2) is 66.0 Å². The van der Waals surface area contributed by atoms with Crippen LogP contribution in [0.1, 0.15) is 47.7 Å². The average molecular weight is 488 g/mol. The minimum absolute atomic E-state index is 0.0448. The number of benzene rings is 2. The molecule has 3 heterocycles. The molecule has 0 spiro atoms. The van der Waals surface area contributed by atoms with Crippen molar-refractivity contribution in [1.82, 2.24) is 5.32 Å². The largest absolute Gasteiger partial charge is 0.352 e. The Morgan fingerprint density at radius 3 is 2.37 bits per heavy atom. The highest BCUT2D eigenvalue weighted by Gasteiger charge is 2.41. The fourth-order valence-electron chi connectivity index (χ4n) is 5.00. The monoisotopic (exact) mass is 487 g/mol. The molecule has 1 aromatic heterocycles. The molecule has 2 unspecified atom stereocenters. The maximum Gasteiger partial charge on any atom is 0.227 e. The Bertz CT molecular complexity index is 1210. The Kier molecular flexibility index (Phi) is 6.68. The molecule has 0 bridgehead atoms. The van der Waals surface area contributed by atoms with Gasteiger partial charge in [-0.15, -0.1) is 11.3 Å². The Morgan fingerprint density at radius 1 is 0.971 bits per heavy atom. The highest BCUT2D eigenvalue weighted by atomic mass is 32.1. The third-order valence-corrected chi connectivity index (χ3v) is 7.81. The normalized spacial score (nSPS) is 20.4. The van der Waals surface area contributed by atoms with E-state index in [4.69, 9.17) is 0 Å². The second-order valence-electron chi connectivity index (χ2n) is 9.24. The van der Waals surface area contributed by atoms with Gasteiger partial charge >= 0.3 is 0 Å². The summed E-state index contributed by atoms with van der Waals surface area (Å²) in [5.41, 5.74) is 3.83. The van der Waals surface area contributed by atoms with Crippen molar-refractivity contribution in [1.29, 1.82) is 0 Å². The van der Waals surface area contributed by atoms with Crippen LogP contribution in [0.2, 0.25) is 0 Å². The summed E-state index contributed by atoms with van der Waals surface area (Å²) in [6.07, 6.45) is 2.36. The van der Waals surface area contributed by atoms with Gasteiger partial charge in [-0.2, -0.15) is 0 Å². The average Bonchev–Trinajstić information content (AvgIpc) is 3.55. The van der Waals surface area contributed by atoms with E-state index in [0.29, 0.717) is 25.8 Å². The first-order chi connectivity index (χ1) is 17.0. The van der Waals surface area contributed by atoms with Crippen LogP contribution >= 0.6 is 11.3 Å². The number of amides is 3. The number of thiophene rings is 1. The van der Waals surface area contributed by atoms with Crippen LogP contribution < -0.4 is 15.1 Å². The lowest BCUT2D eigenvalue weighted by molar-refractivity contribution is -0.129. The molecule has 1 N–H and O–H groups in total. The van der Waals surface area contributed by atoms with Crippen molar-refractivity contribution in [2.45, 2.75) is 45.2 Å². The van der Waals surface area contributed by atoms with Crippen molar-refractivity contribution in [2.75, 3.05) is 16.3 Å². The zero-order valence-electron chi connectivity index (χ0n) is 19.8. The molecule has 2 saturated heterocycles. The molecule has 35 heavy (non-hydrogen) atoms. The molecule has 0 aliphatic carbocycles. The second-order valence-corrected chi connectivity index (χ2v) is 10.2. The van der Waals surface area contributed by atoms with Crippen LogP contribution in [0.5, 0.6) is 0 Å². The minimum atomic E-state index is -0.339. The van der Waals surface area contributed by atoms with E-state index in [0.717, 1.165) is 40.3 Å². The zero-order valence-corrected chi connectivity index (χ0v) is 20.6. The molecule has 0 radical (unpaired) electrons. The first-order valence-corrected chi connectivity index (χ1v) is 13.0. The fourth-order valence-corrected chi connectivity index (χ4v) is 5.88. The quantitative estimate of drug-likeness (QED) is 0.533. The Labute approximate surface area is 209 Å². The van der Waals surface area contributed by atoms with Gasteiger partial charge in [0.15, 0.2) is 0 Å². The number of carbonyl (C=O) groups is 3. The Hall–Kier alpha value is -3.45. The van der Waals surface area contributed by atoms with Gasteiger partial charge in [-0.1, -0.05) is 35.9 Å². The van der Waals surface area contributed by atoms with Gasteiger partial charge in [-0.05, 0) is 61.0 Å². The molecule has 6 nitrogen and oxygen atoms in total. The van der Waals surface area contributed by atoms with Gasteiger partial charge in [0, 0.05) is 42.2 Å². The van der Waals surface area contributed by atoms with Crippen LogP contribution in [-0.4, -0.2) is 24.3 Å². The molecule has 0 saturated carbocycles. The molecule has 5 rings (SSSR count). The van der Waals surface area contributed by atoms with E-state index in [9.17, 15) is 14.4 Å². The third kappa shape index (κ3) is 4.86. The maximum atomic E-state index is 13.4. The van der Waals surface area contributed by atoms with Crippen LogP contribution in [0.4, 0.5) is 11.4 Å². The number of aryl methyl sites for hydroxylation is 1. The molecular weight excluding hydrogens is 458 g/mol. The van der Waals surface area contributed by atoms with E-state index >= 15 is 0 Å². The number of piperidine rings is 1. The maximum absolute atomic E-state index is 13.4. The molecule has 2 aliphatic heterocycles. The molecular formula is C28H29N3O3S. The second kappa shape index (κ2) is 10.0. The SMILES string of the molecule is Cc1ccc(N2C(=O)CCC(C(=O)NCc3ccc(N4CCCC4=O)cc3)C2c2cccs2)cc1. The van der Waals surface area contributed by atoms with Crippen LogP contribution in [0, 0.1) is 12.8 Å². The molecule has 3 amide bonds. The molecule has 2 aliphatic rings. The van der Waals surface area contributed by atoms with Crippen molar-refractivity contribution < 1.29 is 14.4 Å². The van der Waals surface area contributed by atoms with Crippen molar-refractivity contribution in [3.63, 3.8) is 0 Å². The smallest absolute Gasteiger partial charge is 0.227 e. The lowest BCUT2D eigenvalue weighted by Crippen LogP contribution is -2.48. The van der Waals surface area contributed by atoms with Gasteiger partial charge in [0.05, 0.1) is 12.0 Å². The predicted molar refractivity (Wildman–Crippen MR) is 138 cm³/mol. The summed E-state index contributed by atoms with van der Waals surface area (Å²) in [5, 5.41) is 5.09. The van der Waals surface area contributed by atoms with E-state index in [2.05, 4.69) is 5.32 Å². The van der Waals surface area contributed by atoms with E-state index in [1.807, 2.05) is 77.9 Å². The summed E-state index contributed by atoms with van der Waals surface area (Å²) < 4.78 is 0. The van der Waals surface area contributed by atoms with Crippen LogP contribution in [-0.2, 0) is 20.9 Å². The van der Waals surface area contributed by atoms with E-state index in [1.165, 1.54) is 0 Å². The van der Waals surface area contributed by atoms with E-state index < -0.39 is 0 Å².